The second kappa shape index (κ2) is 4.49. The van der Waals surface area contributed by atoms with Crippen LogP contribution in [0.5, 0.6) is 0 Å². The van der Waals surface area contributed by atoms with Crippen LogP contribution in [-0.2, 0) is 6.61 Å². The molecular formula is C13H14FN3O. The third-order valence-corrected chi connectivity index (χ3v) is 3.50. The third-order valence-electron chi connectivity index (χ3n) is 3.50. The van der Waals surface area contributed by atoms with E-state index in [1.54, 1.807) is 18.2 Å². The predicted molar refractivity (Wildman–Crippen MR) is 63.8 cm³/mol. The van der Waals surface area contributed by atoms with E-state index in [4.69, 9.17) is 0 Å². The molecule has 1 aliphatic carbocycles. The van der Waals surface area contributed by atoms with Crippen LogP contribution in [-0.4, -0.2) is 20.1 Å². The summed E-state index contributed by atoms with van der Waals surface area (Å²) in [5.74, 6) is 0.00854. The molecule has 1 aromatic carbocycles. The van der Waals surface area contributed by atoms with E-state index in [9.17, 15) is 9.50 Å². The standard InChI is InChI=1S/C13H14FN3O/c14-10-6-1-2-7-12(10)17-13(9-4-3-5-9)11(8-18)15-16-17/h1-2,6-7,9,18H,3-5,8H2. The van der Waals surface area contributed by atoms with Crippen molar-refractivity contribution < 1.29 is 9.50 Å². The third kappa shape index (κ3) is 1.71. The number of halogens is 1. The minimum Gasteiger partial charge on any atom is -0.390 e. The summed E-state index contributed by atoms with van der Waals surface area (Å²) in [6, 6.07) is 6.49. The molecule has 0 aliphatic heterocycles. The van der Waals surface area contributed by atoms with Crippen molar-refractivity contribution in [2.75, 3.05) is 0 Å². The Morgan fingerprint density at radius 1 is 1.33 bits per heavy atom. The largest absolute Gasteiger partial charge is 0.390 e. The minimum atomic E-state index is -0.326. The van der Waals surface area contributed by atoms with Crippen molar-refractivity contribution in [1.29, 1.82) is 0 Å². The molecule has 0 unspecified atom stereocenters. The summed E-state index contributed by atoms with van der Waals surface area (Å²) in [5.41, 5.74) is 1.81. The van der Waals surface area contributed by atoms with Crippen molar-refractivity contribution in [3.8, 4) is 5.69 Å². The Labute approximate surface area is 104 Å². The Kier molecular flexibility index (Phi) is 2.83. The Hall–Kier alpha value is -1.75. The highest BCUT2D eigenvalue weighted by Crippen LogP contribution is 2.38. The second-order valence-corrected chi connectivity index (χ2v) is 4.57. The Morgan fingerprint density at radius 2 is 2.11 bits per heavy atom. The maximum absolute atomic E-state index is 13.8. The first kappa shape index (κ1) is 11.3. The highest BCUT2D eigenvalue weighted by molar-refractivity contribution is 5.36. The first-order valence-corrected chi connectivity index (χ1v) is 6.11. The van der Waals surface area contributed by atoms with Crippen molar-refractivity contribution in [2.24, 2.45) is 0 Å². The molecule has 0 amide bonds. The molecule has 0 saturated heterocycles. The lowest BCUT2D eigenvalue weighted by atomic mass is 9.82. The molecular weight excluding hydrogens is 233 g/mol. The lowest BCUT2D eigenvalue weighted by Gasteiger charge is -2.26. The van der Waals surface area contributed by atoms with E-state index in [-0.39, 0.29) is 12.4 Å². The number of hydrogen-bond donors (Lipinski definition) is 1. The van der Waals surface area contributed by atoms with Crippen LogP contribution in [0.1, 0.15) is 36.6 Å². The minimum absolute atomic E-state index is 0.152. The van der Waals surface area contributed by atoms with E-state index >= 15 is 0 Å². The summed E-state index contributed by atoms with van der Waals surface area (Å²) in [6.45, 7) is -0.152. The fourth-order valence-electron chi connectivity index (χ4n) is 2.32. The molecule has 4 nitrogen and oxygen atoms in total. The van der Waals surface area contributed by atoms with Crippen LogP contribution in [0.25, 0.3) is 5.69 Å². The number of nitrogens with zero attached hydrogens (tertiary/aromatic N) is 3. The van der Waals surface area contributed by atoms with Gasteiger partial charge in [0, 0.05) is 5.92 Å². The molecule has 1 aromatic heterocycles. The van der Waals surface area contributed by atoms with Crippen molar-refractivity contribution in [3.63, 3.8) is 0 Å². The van der Waals surface area contributed by atoms with Crippen LogP contribution < -0.4 is 0 Å². The first-order chi connectivity index (χ1) is 8.81. The first-order valence-electron chi connectivity index (χ1n) is 6.11. The Bertz CT molecular complexity index is 563. The number of aromatic nitrogens is 3. The molecule has 3 rings (SSSR count). The van der Waals surface area contributed by atoms with Crippen LogP contribution >= 0.6 is 0 Å². The molecule has 1 saturated carbocycles. The zero-order valence-electron chi connectivity index (χ0n) is 9.88. The smallest absolute Gasteiger partial charge is 0.148 e. The van der Waals surface area contributed by atoms with Gasteiger partial charge in [-0.25, -0.2) is 9.07 Å². The van der Waals surface area contributed by atoms with Gasteiger partial charge >= 0.3 is 0 Å². The van der Waals surface area contributed by atoms with Gasteiger partial charge in [-0.05, 0) is 25.0 Å². The van der Waals surface area contributed by atoms with Crippen molar-refractivity contribution in [2.45, 2.75) is 31.8 Å². The fraction of sp³-hybridized carbons (Fsp3) is 0.385. The van der Waals surface area contributed by atoms with Crippen LogP contribution in [0.15, 0.2) is 24.3 Å². The van der Waals surface area contributed by atoms with E-state index in [0.29, 0.717) is 17.3 Å². The maximum Gasteiger partial charge on any atom is 0.148 e. The zero-order chi connectivity index (χ0) is 12.5. The van der Waals surface area contributed by atoms with Gasteiger partial charge in [0.05, 0.1) is 12.3 Å². The highest BCUT2D eigenvalue weighted by Gasteiger charge is 2.28. The molecule has 1 heterocycles. The van der Waals surface area contributed by atoms with E-state index in [1.807, 2.05) is 0 Å². The summed E-state index contributed by atoms with van der Waals surface area (Å²) in [6.07, 6.45) is 3.27. The van der Waals surface area contributed by atoms with Crippen LogP contribution in [0, 0.1) is 5.82 Å². The van der Waals surface area contributed by atoms with E-state index < -0.39 is 0 Å². The van der Waals surface area contributed by atoms with Crippen LogP contribution in [0.3, 0.4) is 0 Å². The lowest BCUT2D eigenvalue weighted by molar-refractivity contribution is 0.272. The number of benzene rings is 1. The Morgan fingerprint density at radius 3 is 2.72 bits per heavy atom. The monoisotopic (exact) mass is 247 g/mol. The Balaban J connectivity index is 2.12. The SMILES string of the molecule is OCc1nnn(-c2ccccc2F)c1C1CCC1. The second-order valence-electron chi connectivity index (χ2n) is 4.57. The van der Waals surface area contributed by atoms with Gasteiger partial charge in [0.1, 0.15) is 17.2 Å². The van der Waals surface area contributed by atoms with Crippen molar-refractivity contribution in [3.05, 3.63) is 41.5 Å². The zero-order valence-corrected chi connectivity index (χ0v) is 9.88. The molecule has 0 bridgehead atoms. The van der Waals surface area contributed by atoms with Gasteiger partial charge < -0.3 is 5.11 Å². The number of aliphatic hydroxyl groups excluding tert-OH is 1. The normalized spacial score (nSPS) is 15.7. The van der Waals surface area contributed by atoms with Gasteiger partial charge in [0.2, 0.25) is 0 Å². The molecule has 2 aromatic rings. The average Bonchev–Trinajstić information content (AvgIpc) is 2.71. The molecule has 1 aliphatic rings. The van der Waals surface area contributed by atoms with Crippen molar-refractivity contribution in [1.82, 2.24) is 15.0 Å². The molecule has 5 heteroatoms. The molecule has 0 radical (unpaired) electrons. The molecule has 1 N–H and O–H groups in total. The summed E-state index contributed by atoms with van der Waals surface area (Å²) in [5, 5.41) is 17.2. The molecule has 0 atom stereocenters. The van der Waals surface area contributed by atoms with Gasteiger partial charge in [-0.3, -0.25) is 0 Å². The van der Waals surface area contributed by atoms with E-state index in [2.05, 4.69) is 10.3 Å². The number of hydrogen-bond acceptors (Lipinski definition) is 3. The predicted octanol–water partition coefficient (Wildman–Crippen LogP) is 2.17. The summed E-state index contributed by atoms with van der Waals surface area (Å²) < 4.78 is 15.3. The molecule has 0 spiro atoms. The maximum atomic E-state index is 13.8. The quantitative estimate of drug-likeness (QED) is 0.904. The van der Waals surface area contributed by atoms with Crippen LogP contribution in [0.4, 0.5) is 4.39 Å². The van der Waals surface area contributed by atoms with Crippen molar-refractivity contribution >= 4 is 0 Å². The highest BCUT2D eigenvalue weighted by atomic mass is 19.1. The topological polar surface area (TPSA) is 50.9 Å². The summed E-state index contributed by atoms with van der Waals surface area (Å²) in [7, 11) is 0. The van der Waals surface area contributed by atoms with Crippen LogP contribution in [0.2, 0.25) is 0 Å². The molecule has 18 heavy (non-hydrogen) atoms. The van der Waals surface area contributed by atoms with Gasteiger partial charge in [-0.1, -0.05) is 23.8 Å². The average molecular weight is 247 g/mol. The van der Waals surface area contributed by atoms with Gasteiger partial charge in [0.15, 0.2) is 0 Å². The van der Waals surface area contributed by atoms with Gasteiger partial charge in [-0.15, -0.1) is 5.10 Å². The van der Waals surface area contributed by atoms with Gasteiger partial charge in [-0.2, -0.15) is 0 Å². The molecule has 94 valence electrons. The van der Waals surface area contributed by atoms with E-state index in [1.165, 1.54) is 10.7 Å². The number of para-hydroxylation sites is 1. The van der Waals surface area contributed by atoms with E-state index in [0.717, 1.165) is 25.0 Å². The molecule has 1 fully saturated rings. The fourth-order valence-corrected chi connectivity index (χ4v) is 2.32. The summed E-state index contributed by atoms with van der Waals surface area (Å²) in [4.78, 5) is 0. The summed E-state index contributed by atoms with van der Waals surface area (Å²) >= 11 is 0. The number of aliphatic hydroxyl groups is 1. The van der Waals surface area contributed by atoms with Gasteiger partial charge in [0.25, 0.3) is 0 Å². The lowest BCUT2D eigenvalue weighted by Crippen LogP contribution is -2.16. The number of rotatable bonds is 3.